The lowest BCUT2D eigenvalue weighted by molar-refractivity contribution is 0.580. The van der Waals surface area contributed by atoms with Crippen LogP contribution in [0.2, 0.25) is 0 Å². The first-order chi connectivity index (χ1) is 13.9. The summed E-state index contributed by atoms with van der Waals surface area (Å²) in [5, 5.41) is 18.6. The van der Waals surface area contributed by atoms with Crippen molar-refractivity contribution in [1.82, 2.24) is 29.7 Å². The maximum Gasteiger partial charge on any atom is 0.244 e. The molecule has 3 N–H and O–H groups in total. The van der Waals surface area contributed by atoms with Crippen molar-refractivity contribution in [2.75, 3.05) is 23.7 Å². The van der Waals surface area contributed by atoms with E-state index in [1.807, 2.05) is 19.1 Å². The van der Waals surface area contributed by atoms with Crippen LogP contribution in [0.3, 0.4) is 0 Å². The van der Waals surface area contributed by atoms with Gasteiger partial charge < -0.3 is 10.6 Å². The third-order valence-corrected chi connectivity index (χ3v) is 5.92. The first-order valence-corrected chi connectivity index (χ1v) is 10.7. The SMILES string of the molecule is CCn1nc(C)c(S(=O)(=O)NCCNc2ccc(Nc3cccnc3)nn2)c1C. The van der Waals surface area contributed by atoms with E-state index in [1.165, 1.54) is 0 Å². The summed E-state index contributed by atoms with van der Waals surface area (Å²) in [5.74, 6) is 1.13. The second-order valence-electron chi connectivity index (χ2n) is 6.31. The molecular formula is C18H24N8O2S. The van der Waals surface area contributed by atoms with Gasteiger partial charge >= 0.3 is 0 Å². The van der Waals surface area contributed by atoms with Crippen LogP contribution in [0.4, 0.5) is 17.3 Å². The molecular weight excluding hydrogens is 392 g/mol. The summed E-state index contributed by atoms with van der Waals surface area (Å²) in [7, 11) is -3.63. The van der Waals surface area contributed by atoms with E-state index in [4.69, 9.17) is 0 Å². The van der Waals surface area contributed by atoms with Crippen LogP contribution in [0.1, 0.15) is 18.3 Å². The van der Waals surface area contributed by atoms with Crippen LogP contribution in [0, 0.1) is 13.8 Å². The third-order valence-electron chi connectivity index (χ3n) is 4.21. The molecule has 0 bridgehead atoms. The number of pyridine rings is 1. The topological polar surface area (TPSA) is 127 Å². The van der Waals surface area contributed by atoms with Crippen molar-refractivity contribution in [3.05, 3.63) is 48.0 Å². The molecule has 154 valence electrons. The van der Waals surface area contributed by atoms with Gasteiger partial charge in [0.15, 0.2) is 5.82 Å². The van der Waals surface area contributed by atoms with Crippen LogP contribution < -0.4 is 15.4 Å². The van der Waals surface area contributed by atoms with Crippen molar-refractivity contribution in [1.29, 1.82) is 0 Å². The van der Waals surface area contributed by atoms with Gasteiger partial charge in [0, 0.05) is 25.8 Å². The van der Waals surface area contributed by atoms with Gasteiger partial charge in [0.05, 0.1) is 23.3 Å². The van der Waals surface area contributed by atoms with E-state index in [1.54, 1.807) is 43.1 Å². The fourth-order valence-corrected chi connectivity index (χ4v) is 4.34. The molecule has 0 amide bonds. The van der Waals surface area contributed by atoms with Crippen LogP contribution in [-0.4, -0.2) is 46.5 Å². The van der Waals surface area contributed by atoms with E-state index in [2.05, 4.69) is 35.6 Å². The molecule has 0 aliphatic heterocycles. The molecule has 3 rings (SSSR count). The summed E-state index contributed by atoms with van der Waals surface area (Å²) in [6.45, 7) is 6.56. The fourth-order valence-electron chi connectivity index (χ4n) is 2.90. The van der Waals surface area contributed by atoms with E-state index >= 15 is 0 Å². The molecule has 29 heavy (non-hydrogen) atoms. The Morgan fingerprint density at radius 3 is 2.45 bits per heavy atom. The average molecular weight is 417 g/mol. The lowest BCUT2D eigenvalue weighted by Gasteiger charge is -2.09. The highest BCUT2D eigenvalue weighted by Gasteiger charge is 2.23. The Hall–Kier alpha value is -3.05. The molecule has 0 radical (unpaired) electrons. The Bertz CT molecular complexity index is 1050. The fraction of sp³-hybridized carbons (Fsp3) is 0.333. The molecule has 0 saturated heterocycles. The lowest BCUT2D eigenvalue weighted by Crippen LogP contribution is -2.29. The van der Waals surface area contributed by atoms with Crippen molar-refractivity contribution in [2.24, 2.45) is 0 Å². The monoisotopic (exact) mass is 416 g/mol. The Labute approximate surface area is 169 Å². The van der Waals surface area contributed by atoms with Crippen molar-refractivity contribution < 1.29 is 8.42 Å². The second-order valence-corrected chi connectivity index (χ2v) is 8.01. The minimum atomic E-state index is -3.63. The van der Waals surface area contributed by atoms with Gasteiger partial charge in [-0.1, -0.05) is 0 Å². The molecule has 3 heterocycles. The van der Waals surface area contributed by atoms with Crippen molar-refractivity contribution in [3.8, 4) is 0 Å². The van der Waals surface area contributed by atoms with Crippen LogP contribution in [0.5, 0.6) is 0 Å². The van der Waals surface area contributed by atoms with Gasteiger partial charge in [0.2, 0.25) is 10.0 Å². The minimum Gasteiger partial charge on any atom is -0.367 e. The van der Waals surface area contributed by atoms with Crippen molar-refractivity contribution in [3.63, 3.8) is 0 Å². The minimum absolute atomic E-state index is 0.204. The maximum atomic E-state index is 12.6. The van der Waals surface area contributed by atoms with Crippen LogP contribution in [-0.2, 0) is 16.6 Å². The number of hydrogen-bond donors (Lipinski definition) is 3. The van der Waals surface area contributed by atoms with E-state index in [0.29, 0.717) is 36.1 Å². The van der Waals surface area contributed by atoms with Gasteiger partial charge in [0.25, 0.3) is 0 Å². The number of sulfonamides is 1. The van der Waals surface area contributed by atoms with Gasteiger partial charge in [-0.3, -0.25) is 9.67 Å². The number of nitrogens with one attached hydrogen (secondary N) is 3. The standard InChI is InChI=1S/C18H24N8O2S/c1-4-26-14(3)18(13(2)25-26)29(27,28)21-11-10-20-16-7-8-17(24-23-16)22-15-6-5-9-19-12-15/h5-9,12,21H,4,10-11H2,1-3H3,(H,20,23)(H,22,24). The van der Waals surface area contributed by atoms with E-state index in [9.17, 15) is 8.42 Å². The van der Waals surface area contributed by atoms with Crippen molar-refractivity contribution in [2.45, 2.75) is 32.2 Å². The Morgan fingerprint density at radius 1 is 1.07 bits per heavy atom. The first kappa shape index (κ1) is 20.7. The molecule has 0 aliphatic rings. The van der Waals surface area contributed by atoms with Gasteiger partial charge in [-0.05, 0) is 45.0 Å². The average Bonchev–Trinajstić information content (AvgIpc) is 3.01. The van der Waals surface area contributed by atoms with Crippen LogP contribution >= 0.6 is 0 Å². The third kappa shape index (κ3) is 5.06. The molecule has 0 aliphatic carbocycles. The smallest absolute Gasteiger partial charge is 0.244 e. The Kier molecular flexibility index (Phi) is 6.39. The predicted octanol–water partition coefficient (Wildman–Crippen LogP) is 1.84. The summed E-state index contributed by atoms with van der Waals surface area (Å²) in [5.41, 5.74) is 1.94. The molecule has 0 unspecified atom stereocenters. The van der Waals surface area contributed by atoms with E-state index < -0.39 is 10.0 Å². The Balaban J connectivity index is 1.52. The molecule has 3 aromatic rings. The van der Waals surface area contributed by atoms with Gasteiger partial charge in [0.1, 0.15) is 10.7 Å². The van der Waals surface area contributed by atoms with Gasteiger partial charge in [-0.2, -0.15) is 5.10 Å². The zero-order valence-corrected chi connectivity index (χ0v) is 17.4. The maximum absolute atomic E-state index is 12.6. The molecule has 0 spiro atoms. The highest BCUT2D eigenvalue weighted by Crippen LogP contribution is 2.19. The zero-order valence-electron chi connectivity index (χ0n) is 16.5. The predicted molar refractivity (Wildman–Crippen MR) is 111 cm³/mol. The molecule has 0 atom stereocenters. The largest absolute Gasteiger partial charge is 0.367 e. The molecule has 0 saturated carbocycles. The highest BCUT2D eigenvalue weighted by atomic mass is 32.2. The number of nitrogens with zero attached hydrogens (tertiary/aromatic N) is 5. The molecule has 11 heteroatoms. The summed E-state index contributed by atoms with van der Waals surface area (Å²) in [6.07, 6.45) is 3.38. The second kappa shape index (κ2) is 8.97. The van der Waals surface area contributed by atoms with E-state index in [-0.39, 0.29) is 11.4 Å². The summed E-state index contributed by atoms with van der Waals surface area (Å²) < 4.78 is 29.5. The first-order valence-electron chi connectivity index (χ1n) is 9.19. The molecule has 0 aromatic carbocycles. The zero-order chi connectivity index (χ0) is 20.9. The molecule has 0 fully saturated rings. The van der Waals surface area contributed by atoms with Gasteiger partial charge in [-0.15, -0.1) is 10.2 Å². The summed E-state index contributed by atoms with van der Waals surface area (Å²) >= 11 is 0. The van der Waals surface area contributed by atoms with Crippen molar-refractivity contribution >= 4 is 27.3 Å². The van der Waals surface area contributed by atoms with Crippen LogP contribution in [0.15, 0.2) is 41.6 Å². The summed E-state index contributed by atoms with van der Waals surface area (Å²) in [4.78, 5) is 4.26. The molecule has 10 nitrogen and oxygen atoms in total. The summed E-state index contributed by atoms with van der Waals surface area (Å²) in [6, 6.07) is 7.24. The number of aryl methyl sites for hydroxylation is 2. The number of anilines is 3. The number of rotatable bonds is 9. The van der Waals surface area contributed by atoms with E-state index in [0.717, 1.165) is 5.69 Å². The lowest BCUT2D eigenvalue weighted by atomic mass is 10.4. The van der Waals surface area contributed by atoms with Gasteiger partial charge in [-0.25, -0.2) is 13.1 Å². The number of aromatic nitrogens is 5. The quantitative estimate of drug-likeness (QED) is 0.451. The Morgan fingerprint density at radius 2 is 1.83 bits per heavy atom. The number of hydrogen-bond acceptors (Lipinski definition) is 8. The normalized spacial score (nSPS) is 11.4. The molecule has 3 aromatic heterocycles. The highest BCUT2D eigenvalue weighted by molar-refractivity contribution is 7.89. The van der Waals surface area contributed by atoms with Crippen LogP contribution in [0.25, 0.3) is 0 Å².